The molecule has 1 aromatic heterocycles. The van der Waals surface area contributed by atoms with Crippen molar-refractivity contribution in [3.63, 3.8) is 0 Å². The topological polar surface area (TPSA) is 29.1 Å². The van der Waals surface area contributed by atoms with Crippen LogP contribution in [-0.4, -0.2) is 13.2 Å². The molecule has 0 bridgehead atoms. The van der Waals surface area contributed by atoms with Crippen LogP contribution in [0.1, 0.15) is 12.0 Å². The van der Waals surface area contributed by atoms with Gasteiger partial charge in [0.2, 0.25) is 0 Å². The van der Waals surface area contributed by atoms with Crippen LogP contribution in [0.15, 0.2) is 16.8 Å². The van der Waals surface area contributed by atoms with Gasteiger partial charge in [-0.15, -0.1) is 0 Å². The lowest BCUT2D eigenvalue weighted by atomic mass is 10.4. The Labute approximate surface area is 70.4 Å². The number of ether oxygens (including phenoxy) is 1. The Kier molecular flexibility index (Phi) is 4.19. The lowest BCUT2D eigenvalue weighted by Gasteiger charge is -1.98. The van der Waals surface area contributed by atoms with Crippen LogP contribution in [-0.2, 0) is 16.5 Å². The molecule has 0 fully saturated rings. The summed E-state index contributed by atoms with van der Waals surface area (Å²) in [7, 11) is 0. The largest absolute Gasteiger partial charge is 0.377 e. The number of hydrogen-bond acceptors (Lipinski definition) is 2. The maximum atomic E-state index is 10.0. The van der Waals surface area contributed by atoms with Crippen molar-refractivity contribution in [1.82, 2.24) is 0 Å². The third-order valence-corrected chi connectivity index (χ3v) is 2.01. The fourth-order valence-electron chi connectivity index (χ4n) is 0.726. The highest BCUT2D eigenvalue weighted by atomic mass is 32.1. The van der Waals surface area contributed by atoms with E-state index in [9.17, 15) is 5.11 Å². The van der Waals surface area contributed by atoms with Crippen molar-refractivity contribution in [2.75, 3.05) is 13.2 Å². The first-order valence-corrected chi connectivity index (χ1v) is 4.54. The highest BCUT2D eigenvalue weighted by molar-refractivity contribution is 7.07. The van der Waals surface area contributed by atoms with Crippen molar-refractivity contribution < 1.29 is 9.84 Å². The summed E-state index contributed by atoms with van der Waals surface area (Å²) >= 11 is 1.66. The van der Waals surface area contributed by atoms with Crippen LogP contribution in [0.2, 0.25) is 0 Å². The van der Waals surface area contributed by atoms with Crippen molar-refractivity contribution in [1.29, 1.82) is 0 Å². The minimum absolute atomic E-state index is 0.0381. The predicted molar refractivity (Wildman–Crippen MR) is 44.1 cm³/mol. The Morgan fingerprint density at radius 2 is 2.45 bits per heavy atom. The zero-order valence-corrected chi connectivity index (χ0v) is 7.10. The fourth-order valence-corrected chi connectivity index (χ4v) is 1.38. The van der Waals surface area contributed by atoms with Crippen molar-refractivity contribution in [2.45, 2.75) is 13.0 Å². The molecule has 0 aliphatic rings. The van der Waals surface area contributed by atoms with Crippen LogP contribution >= 0.6 is 11.3 Å². The van der Waals surface area contributed by atoms with Crippen LogP contribution in [0.3, 0.4) is 0 Å². The lowest BCUT2D eigenvalue weighted by molar-refractivity contribution is 0.0895. The second-order valence-electron chi connectivity index (χ2n) is 2.24. The Morgan fingerprint density at radius 3 is 3.09 bits per heavy atom. The highest BCUT2D eigenvalue weighted by Crippen LogP contribution is 2.06. The van der Waals surface area contributed by atoms with Crippen molar-refractivity contribution in [3.05, 3.63) is 22.4 Å². The number of hydrogen-bond donors (Lipinski definition) is 0. The van der Waals surface area contributed by atoms with Gasteiger partial charge in [-0.1, -0.05) is 0 Å². The monoisotopic (exact) mass is 171 g/mol. The van der Waals surface area contributed by atoms with Crippen LogP contribution < -0.4 is 0 Å². The minimum atomic E-state index is -0.0381. The zero-order valence-electron chi connectivity index (χ0n) is 6.29. The quantitative estimate of drug-likeness (QED) is 0.624. The summed E-state index contributed by atoms with van der Waals surface area (Å²) in [5.41, 5.74) is 1.20. The molecule has 3 heteroatoms. The molecule has 0 saturated carbocycles. The third kappa shape index (κ3) is 3.51. The molecule has 61 valence electrons. The first-order valence-electron chi connectivity index (χ1n) is 3.60. The highest BCUT2D eigenvalue weighted by Gasteiger charge is 1.91. The molecule has 0 aliphatic carbocycles. The van der Waals surface area contributed by atoms with Gasteiger partial charge in [0.1, 0.15) is 0 Å². The van der Waals surface area contributed by atoms with Crippen molar-refractivity contribution >= 4 is 11.3 Å². The normalized spacial score (nSPS) is 10.3. The summed E-state index contributed by atoms with van der Waals surface area (Å²) in [5.74, 6) is 0. The van der Waals surface area contributed by atoms with E-state index in [0.717, 1.165) is 0 Å². The summed E-state index contributed by atoms with van der Waals surface area (Å²) < 4.78 is 5.23. The van der Waals surface area contributed by atoms with Gasteiger partial charge >= 0.3 is 0 Å². The SMILES string of the molecule is [O]CCCOCc1ccsc1. The second kappa shape index (κ2) is 5.29. The van der Waals surface area contributed by atoms with E-state index >= 15 is 0 Å². The summed E-state index contributed by atoms with van der Waals surface area (Å²) in [6, 6.07) is 2.03. The molecular formula is C8H11O2S. The van der Waals surface area contributed by atoms with E-state index < -0.39 is 0 Å². The maximum absolute atomic E-state index is 10.0. The van der Waals surface area contributed by atoms with Gasteiger partial charge in [-0.3, -0.25) is 0 Å². The fraction of sp³-hybridized carbons (Fsp3) is 0.500. The van der Waals surface area contributed by atoms with E-state index in [-0.39, 0.29) is 6.61 Å². The first kappa shape index (κ1) is 8.71. The molecule has 0 spiro atoms. The minimum Gasteiger partial charge on any atom is -0.377 e. The smallest absolute Gasteiger partial charge is 0.0844 e. The van der Waals surface area contributed by atoms with E-state index in [1.165, 1.54) is 5.56 Å². The van der Waals surface area contributed by atoms with Crippen LogP contribution in [0.4, 0.5) is 0 Å². The number of thiophene rings is 1. The molecule has 1 aromatic rings. The van der Waals surface area contributed by atoms with Gasteiger partial charge in [0.25, 0.3) is 0 Å². The van der Waals surface area contributed by atoms with E-state index in [0.29, 0.717) is 19.6 Å². The van der Waals surface area contributed by atoms with Gasteiger partial charge in [-0.05, 0) is 28.8 Å². The van der Waals surface area contributed by atoms with Gasteiger partial charge in [-0.25, -0.2) is 5.11 Å². The molecule has 0 unspecified atom stereocenters. The van der Waals surface area contributed by atoms with E-state index in [1.54, 1.807) is 11.3 Å². The Morgan fingerprint density at radius 1 is 1.55 bits per heavy atom. The van der Waals surface area contributed by atoms with Crippen LogP contribution in [0.25, 0.3) is 0 Å². The van der Waals surface area contributed by atoms with Gasteiger partial charge < -0.3 is 4.74 Å². The standard InChI is InChI=1S/C8H11O2S/c9-3-1-4-10-6-8-2-5-11-7-8/h2,5,7H,1,3-4,6H2. The first-order chi connectivity index (χ1) is 5.43. The molecule has 1 rings (SSSR count). The molecule has 0 amide bonds. The average molecular weight is 171 g/mol. The Hall–Kier alpha value is -0.380. The molecule has 1 heterocycles. The third-order valence-electron chi connectivity index (χ3n) is 1.28. The zero-order chi connectivity index (χ0) is 7.94. The summed E-state index contributed by atoms with van der Waals surface area (Å²) in [6.45, 7) is 1.19. The molecule has 1 radical (unpaired) electrons. The van der Waals surface area contributed by atoms with Crippen molar-refractivity contribution in [2.24, 2.45) is 0 Å². The van der Waals surface area contributed by atoms with Gasteiger partial charge in [0.05, 0.1) is 13.2 Å². The molecule has 0 saturated heterocycles. The molecular weight excluding hydrogens is 160 g/mol. The van der Waals surface area contributed by atoms with E-state index in [2.05, 4.69) is 5.38 Å². The molecule has 11 heavy (non-hydrogen) atoms. The average Bonchev–Trinajstić information content (AvgIpc) is 2.50. The predicted octanol–water partition coefficient (Wildman–Crippen LogP) is 2.09. The van der Waals surface area contributed by atoms with Gasteiger partial charge in [0.15, 0.2) is 0 Å². The Bertz CT molecular complexity index is 172. The van der Waals surface area contributed by atoms with Gasteiger partial charge in [-0.2, -0.15) is 11.3 Å². The van der Waals surface area contributed by atoms with E-state index in [1.807, 2.05) is 11.4 Å². The summed E-state index contributed by atoms with van der Waals surface area (Å²) in [6.07, 6.45) is 0.615. The molecule has 0 N–H and O–H groups in total. The van der Waals surface area contributed by atoms with Crippen LogP contribution in [0, 0.1) is 0 Å². The molecule has 0 aliphatic heterocycles. The molecule has 0 atom stereocenters. The lowest BCUT2D eigenvalue weighted by Crippen LogP contribution is -1.95. The maximum Gasteiger partial charge on any atom is 0.0844 e. The second-order valence-corrected chi connectivity index (χ2v) is 3.02. The summed E-state index contributed by atoms with van der Waals surface area (Å²) in [5, 5.41) is 14.1. The van der Waals surface area contributed by atoms with Crippen molar-refractivity contribution in [3.8, 4) is 0 Å². The molecule has 2 nitrogen and oxygen atoms in total. The van der Waals surface area contributed by atoms with E-state index in [4.69, 9.17) is 4.74 Å². The Balaban J connectivity index is 2.04. The summed E-state index contributed by atoms with van der Waals surface area (Å²) in [4.78, 5) is 0. The van der Waals surface area contributed by atoms with Crippen LogP contribution in [0.5, 0.6) is 0 Å². The molecule has 0 aromatic carbocycles. The number of rotatable bonds is 5. The van der Waals surface area contributed by atoms with Gasteiger partial charge in [0, 0.05) is 6.61 Å².